The lowest BCUT2D eigenvalue weighted by Gasteiger charge is -2.25. The van der Waals surface area contributed by atoms with Gasteiger partial charge >= 0.3 is 0 Å². The van der Waals surface area contributed by atoms with E-state index in [1.54, 1.807) is 6.92 Å². The van der Waals surface area contributed by atoms with Gasteiger partial charge in [-0.05, 0) is 50.9 Å². The van der Waals surface area contributed by atoms with Crippen molar-refractivity contribution in [3.05, 3.63) is 29.8 Å². The lowest BCUT2D eigenvalue weighted by atomic mass is 9.99. The predicted molar refractivity (Wildman–Crippen MR) is 92.0 cm³/mol. The van der Waals surface area contributed by atoms with Crippen molar-refractivity contribution in [3.8, 4) is 0 Å². The second-order valence-corrected chi connectivity index (χ2v) is 6.47. The number of amides is 2. The summed E-state index contributed by atoms with van der Waals surface area (Å²) in [7, 11) is 0. The number of nitrogens with one attached hydrogen (secondary N) is 2. The molecule has 1 fully saturated rings. The third-order valence-corrected chi connectivity index (χ3v) is 4.27. The zero-order valence-corrected chi connectivity index (χ0v) is 14.3. The Labute approximate surface area is 138 Å². The molecule has 0 bridgehead atoms. The van der Waals surface area contributed by atoms with E-state index in [0.29, 0.717) is 6.54 Å². The average molecular weight is 317 g/mol. The molecule has 1 aliphatic heterocycles. The van der Waals surface area contributed by atoms with Crippen LogP contribution in [0.5, 0.6) is 0 Å². The number of anilines is 1. The number of hydrogen-bond donors (Lipinski definition) is 2. The van der Waals surface area contributed by atoms with Crippen LogP contribution in [0.15, 0.2) is 24.3 Å². The zero-order chi connectivity index (χ0) is 16.8. The number of carbonyl (C=O) groups is 2. The third kappa shape index (κ3) is 5.06. The number of carbonyl (C=O) groups excluding carboxylic acids is 2. The van der Waals surface area contributed by atoms with E-state index < -0.39 is 0 Å². The van der Waals surface area contributed by atoms with Crippen LogP contribution in [-0.2, 0) is 16.1 Å². The summed E-state index contributed by atoms with van der Waals surface area (Å²) in [5, 5.41) is 6.23. The van der Waals surface area contributed by atoms with Crippen molar-refractivity contribution in [2.45, 2.75) is 46.2 Å². The molecule has 0 aliphatic carbocycles. The van der Waals surface area contributed by atoms with E-state index in [4.69, 9.17) is 0 Å². The van der Waals surface area contributed by atoms with Crippen LogP contribution >= 0.6 is 0 Å². The SMILES string of the molecule is CC(=O)N(Cc1ccc(NC(=O)C2CCCNC2)cc1)C(C)C. The minimum Gasteiger partial charge on any atom is -0.336 e. The Morgan fingerprint density at radius 1 is 1.30 bits per heavy atom. The summed E-state index contributed by atoms with van der Waals surface area (Å²) >= 11 is 0. The highest BCUT2D eigenvalue weighted by Crippen LogP contribution is 2.16. The number of benzene rings is 1. The number of nitrogens with zero attached hydrogens (tertiary/aromatic N) is 1. The molecule has 2 rings (SSSR count). The van der Waals surface area contributed by atoms with Crippen LogP contribution in [0.4, 0.5) is 5.69 Å². The summed E-state index contributed by atoms with van der Waals surface area (Å²) in [6.45, 7) is 7.95. The fourth-order valence-corrected chi connectivity index (χ4v) is 2.87. The normalized spacial score (nSPS) is 17.8. The summed E-state index contributed by atoms with van der Waals surface area (Å²) in [4.78, 5) is 25.7. The first-order valence-corrected chi connectivity index (χ1v) is 8.35. The average Bonchev–Trinajstić information content (AvgIpc) is 2.54. The van der Waals surface area contributed by atoms with E-state index in [1.165, 1.54) is 0 Å². The van der Waals surface area contributed by atoms with Gasteiger partial charge < -0.3 is 15.5 Å². The van der Waals surface area contributed by atoms with Gasteiger partial charge in [0.1, 0.15) is 0 Å². The molecule has 0 aromatic heterocycles. The second kappa shape index (κ2) is 8.11. The molecule has 1 atom stereocenters. The molecule has 0 saturated carbocycles. The van der Waals surface area contributed by atoms with Gasteiger partial charge in [0, 0.05) is 31.7 Å². The minimum absolute atomic E-state index is 0.0533. The maximum absolute atomic E-state index is 12.2. The van der Waals surface area contributed by atoms with E-state index in [1.807, 2.05) is 43.0 Å². The highest BCUT2D eigenvalue weighted by Gasteiger charge is 2.20. The minimum atomic E-state index is 0.0533. The van der Waals surface area contributed by atoms with Crippen LogP contribution in [0, 0.1) is 5.92 Å². The first kappa shape index (κ1) is 17.5. The Bertz CT molecular complexity index is 534. The topological polar surface area (TPSA) is 61.4 Å². The molecule has 5 nitrogen and oxygen atoms in total. The number of piperidine rings is 1. The Kier molecular flexibility index (Phi) is 6.16. The predicted octanol–water partition coefficient (Wildman–Crippen LogP) is 2.38. The van der Waals surface area contributed by atoms with Crippen LogP contribution in [0.1, 0.15) is 39.2 Å². The lowest BCUT2D eigenvalue weighted by Crippen LogP contribution is -2.37. The van der Waals surface area contributed by atoms with Crippen LogP contribution < -0.4 is 10.6 Å². The van der Waals surface area contributed by atoms with E-state index in [2.05, 4.69) is 10.6 Å². The van der Waals surface area contributed by atoms with Gasteiger partial charge in [-0.2, -0.15) is 0 Å². The second-order valence-electron chi connectivity index (χ2n) is 6.47. The van der Waals surface area contributed by atoms with E-state index in [9.17, 15) is 9.59 Å². The molecule has 126 valence electrons. The largest absolute Gasteiger partial charge is 0.336 e. The van der Waals surface area contributed by atoms with Crippen molar-refractivity contribution in [2.75, 3.05) is 18.4 Å². The Morgan fingerprint density at radius 3 is 2.52 bits per heavy atom. The molecule has 1 aromatic rings. The fourth-order valence-electron chi connectivity index (χ4n) is 2.87. The monoisotopic (exact) mass is 317 g/mol. The van der Waals surface area contributed by atoms with Crippen molar-refractivity contribution < 1.29 is 9.59 Å². The van der Waals surface area contributed by atoms with Gasteiger partial charge in [-0.25, -0.2) is 0 Å². The fraction of sp³-hybridized carbons (Fsp3) is 0.556. The van der Waals surface area contributed by atoms with Gasteiger partial charge in [-0.15, -0.1) is 0 Å². The summed E-state index contributed by atoms with van der Waals surface area (Å²) < 4.78 is 0. The van der Waals surface area contributed by atoms with Crippen molar-refractivity contribution >= 4 is 17.5 Å². The van der Waals surface area contributed by atoms with Crippen LogP contribution in [0.2, 0.25) is 0 Å². The highest BCUT2D eigenvalue weighted by molar-refractivity contribution is 5.92. The summed E-state index contributed by atoms with van der Waals surface area (Å²) in [5.41, 5.74) is 1.87. The molecular formula is C18H27N3O2. The smallest absolute Gasteiger partial charge is 0.228 e. The molecule has 1 saturated heterocycles. The molecule has 2 amide bonds. The summed E-state index contributed by atoms with van der Waals surface area (Å²) in [6.07, 6.45) is 1.99. The molecule has 2 N–H and O–H groups in total. The van der Waals surface area contributed by atoms with E-state index in [0.717, 1.165) is 37.2 Å². The molecule has 5 heteroatoms. The maximum Gasteiger partial charge on any atom is 0.228 e. The Hall–Kier alpha value is -1.88. The lowest BCUT2D eigenvalue weighted by molar-refractivity contribution is -0.131. The van der Waals surface area contributed by atoms with Crippen molar-refractivity contribution in [3.63, 3.8) is 0 Å². The molecule has 23 heavy (non-hydrogen) atoms. The number of hydrogen-bond acceptors (Lipinski definition) is 3. The summed E-state index contributed by atoms with van der Waals surface area (Å²) in [5.74, 6) is 0.206. The summed E-state index contributed by atoms with van der Waals surface area (Å²) in [6, 6.07) is 7.91. The van der Waals surface area contributed by atoms with Gasteiger partial charge in [0.2, 0.25) is 11.8 Å². The maximum atomic E-state index is 12.2. The van der Waals surface area contributed by atoms with Gasteiger partial charge in [-0.1, -0.05) is 12.1 Å². The van der Waals surface area contributed by atoms with Gasteiger partial charge in [0.15, 0.2) is 0 Å². The first-order valence-electron chi connectivity index (χ1n) is 8.35. The van der Waals surface area contributed by atoms with Gasteiger partial charge in [0.25, 0.3) is 0 Å². The Balaban J connectivity index is 1.93. The van der Waals surface area contributed by atoms with Crippen LogP contribution in [0.3, 0.4) is 0 Å². The van der Waals surface area contributed by atoms with Gasteiger partial charge in [-0.3, -0.25) is 9.59 Å². The van der Waals surface area contributed by atoms with Crippen molar-refractivity contribution in [1.29, 1.82) is 0 Å². The van der Waals surface area contributed by atoms with Crippen LogP contribution in [0.25, 0.3) is 0 Å². The molecule has 1 aliphatic rings. The first-order chi connectivity index (χ1) is 11.0. The quantitative estimate of drug-likeness (QED) is 0.876. The molecule has 0 radical (unpaired) electrons. The molecule has 1 unspecified atom stereocenters. The van der Waals surface area contributed by atoms with Crippen LogP contribution in [-0.4, -0.2) is 35.8 Å². The van der Waals surface area contributed by atoms with Crippen molar-refractivity contribution in [1.82, 2.24) is 10.2 Å². The third-order valence-electron chi connectivity index (χ3n) is 4.27. The molecule has 1 heterocycles. The van der Waals surface area contributed by atoms with E-state index >= 15 is 0 Å². The Morgan fingerprint density at radius 2 is 2.00 bits per heavy atom. The highest BCUT2D eigenvalue weighted by atomic mass is 16.2. The zero-order valence-electron chi connectivity index (χ0n) is 14.3. The molecule has 1 aromatic carbocycles. The van der Waals surface area contributed by atoms with E-state index in [-0.39, 0.29) is 23.8 Å². The van der Waals surface area contributed by atoms with Gasteiger partial charge in [0.05, 0.1) is 5.92 Å². The molecule has 0 spiro atoms. The molecular weight excluding hydrogens is 290 g/mol. The standard InChI is InChI=1S/C18H27N3O2/c1-13(2)21(14(3)22)12-15-6-8-17(9-7-15)20-18(23)16-5-4-10-19-11-16/h6-9,13,16,19H,4-5,10-12H2,1-3H3,(H,20,23). The van der Waals surface area contributed by atoms with Crippen molar-refractivity contribution in [2.24, 2.45) is 5.92 Å². The number of rotatable bonds is 5.